The molecule has 1 heterocycles. The molecule has 4 heteroatoms. The minimum atomic E-state index is 0.469. The molecule has 0 saturated heterocycles. The molecule has 1 aromatic heterocycles. The minimum absolute atomic E-state index is 0.469. The first-order valence-corrected chi connectivity index (χ1v) is 9.02. The topological polar surface area (TPSA) is 42.9 Å². The van der Waals surface area contributed by atoms with Crippen molar-refractivity contribution >= 4 is 11.0 Å². The van der Waals surface area contributed by atoms with Crippen molar-refractivity contribution in [1.82, 2.24) is 9.13 Å². The standard InChI is InChI=1S/C19H31N3O/c1-3-4-5-6-7-8-9-12-15-23-16-22-18-14-11-10-13-17(18)21(2)19(22)20/h10-11,13-14,20H,3-9,12,15-16H2,1-2H3. The molecule has 23 heavy (non-hydrogen) atoms. The van der Waals surface area contributed by atoms with Gasteiger partial charge in [-0.1, -0.05) is 64.0 Å². The maximum atomic E-state index is 8.20. The van der Waals surface area contributed by atoms with Gasteiger partial charge in [-0.05, 0) is 18.6 Å². The average molecular weight is 317 g/mol. The zero-order valence-electron chi connectivity index (χ0n) is 14.7. The SMILES string of the molecule is CCCCCCCCCCOCn1c(=N)n(C)c2ccccc21. The van der Waals surface area contributed by atoms with Crippen molar-refractivity contribution in [3.8, 4) is 0 Å². The molecule has 0 atom stereocenters. The summed E-state index contributed by atoms with van der Waals surface area (Å²) in [5.41, 5.74) is 2.63. The maximum Gasteiger partial charge on any atom is 0.204 e. The Morgan fingerprint density at radius 2 is 1.52 bits per heavy atom. The highest BCUT2D eigenvalue weighted by Crippen LogP contribution is 2.12. The zero-order valence-corrected chi connectivity index (χ0v) is 14.7. The van der Waals surface area contributed by atoms with Gasteiger partial charge in [-0.25, -0.2) is 0 Å². The van der Waals surface area contributed by atoms with Crippen LogP contribution in [-0.4, -0.2) is 15.7 Å². The molecule has 2 aromatic rings. The molecule has 0 saturated carbocycles. The van der Waals surface area contributed by atoms with Gasteiger partial charge in [-0.3, -0.25) is 9.98 Å². The van der Waals surface area contributed by atoms with Gasteiger partial charge in [0.1, 0.15) is 6.73 Å². The number of hydrogen-bond donors (Lipinski definition) is 1. The minimum Gasteiger partial charge on any atom is -0.361 e. The Labute approximate surface area is 139 Å². The van der Waals surface area contributed by atoms with Crippen LogP contribution in [0, 0.1) is 5.41 Å². The van der Waals surface area contributed by atoms with E-state index in [4.69, 9.17) is 10.1 Å². The lowest BCUT2D eigenvalue weighted by Gasteiger charge is -2.06. The third-order valence-electron chi connectivity index (χ3n) is 4.47. The molecule has 0 radical (unpaired) electrons. The van der Waals surface area contributed by atoms with Crippen LogP contribution in [0.4, 0.5) is 0 Å². The van der Waals surface area contributed by atoms with Crippen molar-refractivity contribution in [2.24, 2.45) is 7.05 Å². The summed E-state index contributed by atoms with van der Waals surface area (Å²) >= 11 is 0. The number of benzene rings is 1. The third-order valence-corrected chi connectivity index (χ3v) is 4.47. The van der Waals surface area contributed by atoms with Crippen molar-refractivity contribution in [2.45, 2.75) is 65.0 Å². The van der Waals surface area contributed by atoms with Gasteiger partial charge < -0.3 is 9.30 Å². The molecular weight excluding hydrogens is 286 g/mol. The Bertz CT molecular complexity index is 642. The fraction of sp³-hybridized carbons (Fsp3) is 0.632. The lowest BCUT2D eigenvalue weighted by molar-refractivity contribution is 0.0730. The van der Waals surface area contributed by atoms with E-state index in [1.807, 2.05) is 40.4 Å². The quantitative estimate of drug-likeness (QED) is 0.606. The van der Waals surface area contributed by atoms with Crippen molar-refractivity contribution in [2.75, 3.05) is 6.61 Å². The fourth-order valence-corrected chi connectivity index (χ4v) is 3.01. The van der Waals surface area contributed by atoms with Gasteiger partial charge in [0.25, 0.3) is 0 Å². The summed E-state index contributed by atoms with van der Waals surface area (Å²) in [5.74, 6) is 0. The van der Waals surface area contributed by atoms with Crippen LogP contribution in [0.3, 0.4) is 0 Å². The van der Waals surface area contributed by atoms with Crippen LogP contribution in [0.5, 0.6) is 0 Å². The number of ether oxygens (including phenoxy) is 1. The van der Waals surface area contributed by atoms with Crippen LogP contribution < -0.4 is 5.62 Å². The predicted octanol–water partition coefficient (Wildman–Crippen LogP) is 4.57. The maximum absolute atomic E-state index is 8.20. The molecule has 0 aliphatic heterocycles. The van der Waals surface area contributed by atoms with Gasteiger partial charge in [0.05, 0.1) is 11.0 Å². The lowest BCUT2D eigenvalue weighted by Crippen LogP contribution is -2.23. The summed E-state index contributed by atoms with van der Waals surface area (Å²) in [4.78, 5) is 0. The molecule has 1 aromatic carbocycles. The van der Waals surface area contributed by atoms with Gasteiger partial charge >= 0.3 is 0 Å². The molecule has 0 unspecified atom stereocenters. The van der Waals surface area contributed by atoms with E-state index in [1.54, 1.807) is 0 Å². The summed E-state index contributed by atoms with van der Waals surface area (Å²) in [7, 11) is 1.93. The molecule has 0 bridgehead atoms. The number of aromatic nitrogens is 2. The van der Waals surface area contributed by atoms with Crippen LogP contribution in [0.15, 0.2) is 24.3 Å². The molecular formula is C19H31N3O. The normalized spacial score (nSPS) is 11.4. The Hall–Kier alpha value is -1.55. The van der Waals surface area contributed by atoms with Gasteiger partial charge in [0, 0.05) is 13.7 Å². The first-order valence-electron chi connectivity index (χ1n) is 9.02. The number of hydrogen-bond acceptors (Lipinski definition) is 2. The van der Waals surface area contributed by atoms with E-state index < -0.39 is 0 Å². The van der Waals surface area contributed by atoms with E-state index in [0.29, 0.717) is 12.3 Å². The number of fused-ring (bicyclic) bond motifs is 1. The second kappa shape index (κ2) is 9.56. The molecule has 0 spiro atoms. The number of imidazole rings is 1. The second-order valence-corrected chi connectivity index (χ2v) is 6.31. The van der Waals surface area contributed by atoms with E-state index in [0.717, 1.165) is 24.1 Å². The second-order valence-electron chi connectivity index (χ2n) is 6.31. The van der Waals surface area contributed by atoms with Crippen molar-refractivity contribution < 1.29 is 4.74 Å². The van der Waals surface area contributed by atoms with Gasteiger partial charge in [0.2, 0.25) is 5.62 Å². The van der Waals surface area contributed by atoms with Crippen molar-refractivity contribution in [3.63, 3.8) is 0 Å². The number of unbranched alkanes of at least 4 members (excludes halogenated alkanes) is 7. The number of nitrogens with zero attached hydrogens (tertiary/aromatic N) is 2. The molecule has 2 rings (SSSR count). The Balaban J connectivity index is 1.67. The largest absolute Gasteiger partial charge is 0.361 e. The van der Waals surface area contributed by atoms with Crippen LogP contribution in [0.2, 0.25) is 0 Å². The first kappa shape index (κ1) is 17.8. The molecule has 0 aliphatic rings. The molecule has 0 fully saturated rings. The monoisotopic (exact) mass is 317 g/mol. The number of aryl methyl sites for hydroxylation is 1. The van der Waals surface area contributed by atoms with E-state index in [2.05, 4.69) is 6.92 Å². The van der Waals surface area contributed by atoms with E-state index >= 15 is 0 Å². The van der Waals surface area contributed by atoms with E-state index in [-0.39, 0.29) is 0 Å². The first-order chi connectivity index (χ1) is 11.3. The number of rotatable bonds is 11. The van der Waals surface area contributed by atoms with E-state index in [9.17, 15) is 0 Å². The third kappa shape index (κ3) is 4.96. The van der Waals surface area contributed by atoms with Crippen molar-refractivity contribution in [3.05, 3.63) is 29.9 Å². The number of para-hydroxylation sites is 2. The predicted molar refractivity (Wildman–Crippen MR) is 95.3 cm³/mol. The molecule has 0 aliphatic carbocycles. The van der Waals surface area contributed by atoms with Gasteiger partial charge in [-0.15, -0.1) is 0 Å². The summed E-state index contributed by atoms with van der Waals surface area (Å²) < 4.78 is 9.63. The lowest BCUT2D eigenvalue weighted by atomic mass is 10.1. The molecule has 0 amide bonds. The zero-order chi connectivity index (χ0) is 16.5. The van der Waals surface area contributed by atoms with Crippen LogP contribution in [0.25, 0.3) is 11.0 Å². The Kier molecular flexibility index (Phi) is 7.40. The Morgan fingerprint density at radius 1 is 0.913 bits per heavy atom. The molecule has 1 N–H and O–H groups in total. The number of nitrogens with one attached hydrogen (secondary N) is 1. The Morgan fingerprint density at radius 3 is 2.22 bits per heavy atom. The highest BCUT2D eigenvalue weighted by atomic mass is 16.5. The van der Waals surface area contributed by atoms with Crippen molar-refractivity contribution in [1.29, 1.82) is 5.41 Å². The average Bonchev–Trinajstić information content (AvgIpc) is 2.81. The van der Waals surface area contributed by atoms with Crippen LogP contribution in [-0.2, 0) is 18.5 Å². The van der Waals surface area contributed by atoms with E-state index in [1.165, 1.54) is 44.9 Å². The summed E-state index contributed by atoms with van der Waals surface area (Å²) in [5, 5.41) is 8.20. The summed E-state index contributed by atoms with van der Waals surface area (Å²) in [6.07, 6.45) is 10.5. The molecule has 128 valence electrons. The van der Waals surface area contributed by atoms with Crippen LogP contribution in [0.1, 0.15) is 58.3 Å². The molecule has 4 nitrogen and oxygen atoms in total. The summed E-state index contributed by atoms with van der Waals surface area (Å²) in [6, 6.07) is 8.11. The van der Waals surface area contributed by atoms with Gasteiger partial charge in [0.15, 0.2) is 0 Å². The highest BCUT2D eigenvalue weighted by molar-refractivity contribution is 5.75. The summed E-state index contributed by atoms with van der Waals surface area (Å²) in [6.45, 7) is 3.51. The smallest absolute Gasteiger partial charge is 0.204 e. The van der Waals surface area contributed by atoms with Crippen LogP contribution >= 0.6 is 0 Å². The van der Waals surface area contributed by atoms with Gasteiger partial charge in [-0.2, -0.15) is 0 Å². The fourth-order valence-electron chi connectivity index (χ4n) is 3.01. The highest BCUT2D eigenvalue weighted by Gasteiger charge is 2.06.